The highest BCUT2D eigenvalue weighted by molar-refractivity contribution is 6.31. The molecule has 2 aromatic carbocycles. The zero-order valence-electron chi connectivity index (χ0n) is 11.6. The van der Waals surface area contributed by atoms with Gasteiger partial charge in [-0.05, 0) is 18.2 Å². The van der Waals surface area contributed by atoms with Crippen molar-refractivity contribution in [1.82, 2.24) is 4.98 Å². The van der Waals surface area contributed by atoms with Crippen molar-refractivity contribution in [2.75, 3.05) is 11.9 Å². The number of rotatable bonds is 1. The number of benzene rings is 2. The molecule has 0 bridgehead atoms. The fraction of sp³-hybridized carbons (Fsp3) is 0.0588. The van der Waals surface area contributed by atoms with Gasteiger partial charge in [0.05, 0.1) is 17.1 Å². The third-order valence-corrected chi connectivity index (χ3v) is 3.92. The fourth-order valence-corrected chi connectivity index (χ4v) is 2.92. The first-order valence-electron chi connectivity index (χ1n) is 6.94. The van der Waals surface area contributed by atoms with Crippen LogP contribution in [0.25, 0.3) is 10.9 Å². The van der Waals surface area contributed by atoms with E-state index in [4.69, 9.17) is 11.6 Å². The topological polar surface area (TPSA) is 57.2 Å². The number of aromatic amines is 1. The Balaban J connectivity index is 1.99. The van der Waals surface area contributed by atoms with E-state index in [1.807, 2.05) is 48.5 Å². The van der Waals surface area contributed by atoms with Crippen LogP contribution in [-0.2, 0) is 4.79 Å². The second-order valence-corrected chi connectivity index (χ2v) is 5.58. The summed E-state index contributed by atoms with van der Waals surface area (Å²) in [5, 5.41) is 4.56. The van der Waals surface area contributed by atoms with Crippen LogP contribution in [0.4, 0.5) is 5.69 Å². The summed E-state index contributed by atoms with van der Waals surface area (Å²) in [6.07, 6.45) is 0. The van der Waals surface area contributed by atoms with Gasteiger partial charge in [0.15, 0.2) is 0 Å². The molecular formula is C17H12ClN3O. The summed E-state index contributed by atoms with van der Waals surface area (Å²) in [7, 11) is 0. The van der Waals surface area contributed by atoms with Crippen LogP contribution in [0.2, 0.25) is 5.02 Å². The van der Waals surface area contributed by atoms with E-state index in [0.717, 1.165) is 33.6 Å². The van der Waals surface area contributed by atoms with Gasteiger partial charge in [-0.1, -0.05) is 41.9 Å². The number of nitrogens with zero attached hydrogens (tertiary/aromatic N) is 1. The van der Waals surface area contributed by atoms with E-state index in [9.17, 15) is 4.79 Å². The molecule has 22 heavy (non-hydrogen) atoms. The van der Waals surface area contributed by atoms with Gasteiger partial charge in [-0.25, -0.2) is 0 Å². The first-order valence-corrected chi connectivity index (χ1v) is 7.31. The van der Waals surface area contributed by atoms with Crippen molar-refractivity contribution < 1.29 is 4.79 Å². The summed E-state index contributed by atoms with van der Waals surface area (Å²) in [4.78, 5) is 19.8. The molecule has 1 aromatic heterocycles. The minimum absolute atomic E-state index is 0.0959. The highest BCUT2D eigenvalue weighted by Gasteiger charge is 2.22. The molecule has 0 spiro atoms. The molecule has 5 heteroatoms. The number of halogens is 1. The first-order chi connectivity index (χ1) is 10.7. The van der Waals surface area contributed by atoms with Gasteiger partial charge in [0.2, 0.25) is 5.91 Å². The zero-order chi connectivity index (χ0) is 15.1. The van der Waals surface area contributed by atoms with E-state index in [0.29, 0.717) is 5.02 Å². The van der Waals surface area contributed by atoms with Crippen molar-refractivity contribution in [2.24, 2.45) is 4.99 Å². The van der Waals surface area contributed by atoms with E-state index in [1.165, 1.54) is 0 Å². The molecule has 108 valence electrons. The van der Waals surface area contributed by atoms with Gasteiger partial charge >= 0.3 is 0 Å². The Labute approximate surface area is 131 Å². The average molecular weight is 310 g/mol. The Kier molecular flexibility index (Phi) is 2.98. The van der Waals surface area contributed by atoms with E-state index in [-0.39, 0.29) is 12.5 Å². The van der Waals surface area contributed by atoms with E-state index < -0.39 is 0 Å². The predicted octanol–water partition coefficient (Wildman–Crippen LogP) is 3.61. The Hall–Kier alpha value is -2.59. The van der Waals surface area contributed by atoms with Crippen molar-refractivity contribution >= 4 is 39.8 Å². The molecule has 1 amide bonds. The van der Waals surface area contributed by atoms with Gasteiger partial charge in [-0.15, -0.1) is 0 Å². The molecule has 4 nitrogen and oxygen atoms in total. The standard InChI is InChI=1S/C17H12ClN3O/c18-11-5-3-4-10(8-11)15-17-16(21-14(22)9-19-15)12-6-1-2-7-13(12)20-17/h1-8,20H,9H2,(H,21,22). The number of H-pyrrole nitrogens is 1. The molecule has 0 aliphatic carbocycles. The lowest BCUT2D eigenvalue weighted by Gasteiger charge is -2.06. The second kappa shape index (κ2) is 5.00. The molecule has 2 heterocycles. The molecule has 2 N–H and O–H groups in total. The number of amides is 1. The molecule has 0 fully saturated rings. The molecule has 0 atom stereocenters. The highest BCUT2D eigenvalue weighted by atomic mass is 35.5. The van der Waals surface area contributed by atoms with Crippen LogP contribution in [0.3, 0.4) is 0 Å². The second-order valence-electron chi connectivity index (χ2n) is 5.14. The summed E-state index contributed by atoms with van der Waals surface area (Å²) in [6, 6.07) is 15.3. The number of para-hydroxylation sites is 1. The van der Waals surface area contributed by atoms with Gasteiger partial charge < -0.3 is 10.3 Å². The third kappa shape index (κ3) is 2.09. The van der Waals surface area contributed by atoms with Crippen LogP contribution in [0.5, 0.6) is 0 Å². The molecule has 0 radical (unpaired) electrons. The van der Waals surface area contributed by atoms with E-state index in [2.05, 4.69) is 15.3 Å². The number of nitrogens with one attached hydrogen (secondary N) is 2. The SMILES string of the molecule is O=C1CN=C(c2cccc(Cl)c2)c2[nH]c3ccccc3c2N1. The Bertz CT molecular complexity index is 927. The lowest BCUT2D eigenvalue weighted by atomic mass is 10.1. The Morgan fingerprint density at radius 3 is 2.82 bits per heavy atom. The highest BCUT2D eigenvalue weighted by Crippen LogP contribution is 2.31. The van der Waals surface area contributed by atoms with Gasteiger partial charge in [0.25, 0.3) is 0 Å². The molecule has 1 aliphatic rings. The number of fused-ring (bicyclic) bond motifs is 3. The summed E-state index contributed by atoms with van der Waals surface area (Å²) < 4.78 is 0. The third-order valence-electron chi connectivity index (χ3n) is 3.69. The normalized spacial score (nSPS) is 14.2. The van der Waals surface area contributed by atoms with Crippen molar-refractivity contribution in [3.63, 3.8) is 0 Å². The van der Waals surface area contributed by atoms with Crippen LogP contribution in [-0.4, -0.2) is 23.1 Å². The number of carbonyl (C=O) groups is 1. The van der Waals surface area contributed by atoms with Crippen LogP contribution in [0.1, 0.15) is 11.3 Å². The quantitative estimate of drug-likeness (QED) is 0.709. The van der Waals surface area contributed by atoms with Crippen LogP contribution in [0, 0.1) is 0 Å². The number of aliphatic imine (C=N–C) groups is 1. The summed E-state index contributed by atoms with van der Waals surface area (Å²) in [6.45, 7) is 0.0959. The largest absolute Gasteiger partial charge is 0.351 e. The summed E-state index contributed by atoms with van der Waals surface area (Å²) in [5.74, 6) is -0.122. The number of aromatic nitrogens is 1. The van der Waals surface area contributed by atoms with Crippen molar-refractivity contribution in [3.05, 3.63) is 64.8 Å². The number of hydrogen-bond donors (Lipinski definition) is 2. The zero-order valence-corrected chi connectivity index (χ0v) is 12.3. The minimum atomic E-state index is -0.122. The average Bonchev–Trinajstić information content (AvgIpc) is 2.78. The number of hydrogen-bond acceptors (Lipinski definition) is 2. The van der Waals surface area contributed by atoms with Crippen molar-refractivity contribution in [2.45, 2.75) is 0 Å². The summed E-state index contributed by atoms with van der Waals surface area (Å²) in [5.41, 5.74) is 4.18. The Morgan fingerprint density at radius 2 is 1.95 bits per heavy atom. The minimum Gasteiger partial charge on any atom is -0.351 e. The molecule has 4 rings (SSSR count). The van der Waals surface area contributed by atoms with Gasteiger partial charge in [-0.2, -0.15) is 0 Å². The maximum atomic E-state index is 12.0. The van der Waals surface area contributed by atoms with Crippen LogP contribution >= 0.6 is 11.6 Å². The van der Waals surface area contributed by atoms with Gasteiger partial charge in [0, 0.05) is 21.5 Å². The smallest absolute Gasteiger partial charge is 0.246 e. The maximum Gasteiger partial charge on any atom is 0.246 e. The monoisotopic (exact) mass is 309 g/mol. The lowest BCUT2D eigenvalue weighted by Crippen LogP contribution is -2.13. The van der Waals surface area contributed by atoms with Gasteiger partial charge in [-0.3, -0.25) is 9.79 Å². The number of carbonyl (C=O) groups excluding carboxylic acids is 1. The maximum absolute atomic E-state index is 12.0. The van der Waals surface area contributed by atoms with Crippen LogP contribution < -0.4 is 5.32 Å². The van der Waals surface area contributed by atoms with E-state index in [1.54, 1.807) is 0 Å². The summed E-state index contributed by atoms with van der Waals surface area (Å²) >= 11 is 6.09. The van der Waals surface area contributed by atoms with Crippen molar-refractivity contribution in [1.29, 1.82) is 0 Å². The fourth-order valence-electron chi connectivity index (χ4n) is 2.73. The molecular weight excluding hydrogens is 298 g/mol. The lowest BCUT2D eigenvalue weighted by molar-refractivity contribution is -0.114. The Morgan fingerprint density at radius 1 is 1.09 bits per heavy atom. The van der Waals surface area contributed by atoms with Crippen LogP contribution in [0.15, 0.2) is 53.5 Å². The molecule has 0 saturated carbocycles. The molecule has 1 aliphatic heterocycles. The number of anilines is 1. The molecule has 0 saturated heterocycles. The first kappa shape index (κ1) is 13.1. The predicted molar refractivity (Wildman–Crippen MR) is 88.9 cm³/mol. The van der Waals surface area contributed by atoms with Crippen molar-refractivity contribution in [3.8, 4) is 0 Å². The van der Waals surface area contributed by atoms with Gasteiger partial charge in [0.1, 0.15) is 6.54 Å². The molecule has 3 aromatic rings. The van der Waals surface area contributed by atoms with E-state index >= 15 is 0 Å². The molecule has 0 unspecified atom stereocenters.